The van der Waals surface area contributed by atoms with Crippen molar-refractivity contribution in [1.29, 1.82) is 0 Å². The number of para-hydroxylation sites is 1. The molecule has 2 rings (SSSR count). The maximum absolute atomic E-state index is 12.0. The second kappa shape index (κ2) is 6.76. The highest BCUT2D eigenvalue weighted by Gasteiger charge is 2.19. The number of hydrogen-bond donors (Lipinski definition) is 1. The number of benzene rings is 1. The lowest BCUT2D eigenvalue weighted by Gasteiger charge is -2.14. The Bertz CT molecular complexity index is 624. The zero-order valence-corrected chi connectivity index (χ0v) is 13.5. The molecule has 5 nitrogen and oxygen atoms in total. The van der Waals surface area contributed by atoms with Crippen LogP contribution in [0.2, 0.25) is 0 Å². The van der Waals surface area contributed by atoms with Gasteiger partial charge >= 0.3 is 0 Å². The number of carbonyl (C=O) groups excluding carboxylic acids is 1. The van der Waals surface area contributed by atoms with Gasteiger partial charge in [-0.25, -0.2) is 0 Å². The van der Waals surface area contributed by atoms with E-state index in [2.05, 4.69) is 15.5 Å². The van der Waals surface area contributed by atoms with Crippen molar-refractivity contribution in [2.45, 2.75) is 44.1 Å². The largest absolute Gasteiger partial charge is 0.353 e. The normalized spacial score (nSPS) is 12.4. The van der Waals surface area contributed by atoms with Gasteiger partial charge in [-0.15, -0.1) is 10.2 Å². The van der Waals surface area contributed by atoms with Gasteiger partial charge in [0.25, 0.3) is 0 Å². The van der Waals surface area contributed by atoms with Crippen LogP contribution in [0.4, 0.5) is 0 Å². The van der Waals surface area contributed by atoms with Crippen molar-refractivity contribution in [3.05, 3.63) is 36.2 Å². The number of nitrogens with one attached hydrogen (secondary N) is 1. The van der Waals surface area contributed by atoms with Crippen LogP contribution in [0.15, 0.2) is 35.7 Å². The number of carbonyl (C=O) groups is 1. The monoisotopic (exact) mass is 304 g/mol. The first kappa shape index (κ1) is 15.6. The Hall–Kier alpha value is -1.82. The maximum atomic E-state index is 12.0. The Morgan fingerprint density at radius 3 is 2.67 bits per heavy atom. The van der Waals surface area contributed by atoms with Gasteiger partial charge in [-0.1, -0.05) is 30.0 Å². The summed E-state index contributed by atoms with van der Waals surface area (Å²) < 4.78 is 1.92. The molecule has 1 unspecified atom stereocenters. The summed E-state index contributed by atoms with van der Waals surface area (Å²) in [5, 5.41) is 11.5. The fraction of sp³-hybridized carbons (Fsp3) is 0.400. The summed E-state index contributed by atoms with van der Waals surface area (Å²) in [4.78, 5) is 12.0. The molecule has 0 aliphatic rings. The fourth-order valence-corrected chi connectivity index (χ4v) is 2.76. The third-order valence-corrected chi connectivity index (χ3v) is 4.03. The van der Waals surface area contributed by atoms with E-state index in [-0.39, 0.29) is 17.2 Å². The first-order chi connectivity index (χ1) is 9.99. The highest BCUT2D eigenvalue weighted by atomic mass is 32.2. The van der Waals surface area contributed by atoms with Crippen LogP contribution in [0.1, 0.15) is 26.3 Å². The van der Waals surface area contributed by atoms with Crippen molar-refractivity contribution < 1.29 is 4.79 Å². The van der Waals surface area contributed by atoms with Gasteiger partial charge in [0.2, 0.25) is 5.91 Å². The second-order valence-corrected chi connectivity index (χ2v) is 6.50. The summed E-state index contributed by atoms with van der Waals surface area (Å²) in [6.07, 6.45) is 1.68. The molecule has 21 heavy (non-hydrogen) atoms. The van der Waals surface area contributed by atoms with E-state index < -0.39 is 0 Å². The standard InChI is InChI=1S/C15H20N4OS/c1-10(2)17-14(20)12(4)21-15-18-16-9-19(15)13-8-6-5-7-11(13)3/h5-10,12H,1-4H3,(H,17,20). The second-order valence-electron chi connectivity index (χ2n) is 5.19. The van der Waals surface area contributed by atoms with E-state index >= 15 is 0 Å². The van der Waals surface area contributed by atoms with Crippen LogP contribution in [-0.2, 0) is 4.79 Å². The van der Waals surface area contributed by atoms with Gasteiger partial charge < -0.3 is 5.32 Å². The zero-order valence-electron chi connectivity index (χ0n) is 12.7. The molecule has 0 saturated carbocycles. The number of nitrogens with zero attached hydrogens (tertiary/aromatic N) is 3. The molecular weight excluding hydrogens is 284 g/mol. The third kappa shape index (κ3) is 3.85. The van der Waals surface area contributed by atoms with Crippen LogP contribution >= 0.6 is 11.8 Å². The molecule has 0 spiro atoms. The van der Waals surface area contributed by atoms with Gasteiger partial charge in [0.05, 0.1) is 10.9 Å². The molecule has 0 aliphatic heterocycles. The molecule has 0 fully saturated rings. The lowest BCUT2D eigenvalue weighted by Crippen LogP contribution is -2.36. The molecule has 1 heterocycles. The zero-order chi connectivity index (χ0) is 15.4. The Labute approximate surface area is 129 Å². The predicted octanol–water partition coefficient (Wildman–Crippen LogP) is 2.58. The molecule has 6 heteroatoms. The van der Waals surface area contributed by atoms with E-state index in [1.165, 1.54) is 11.8 Å². The van der Waals surface area contributed by atoms with E-state index in [9.17, 15) is 4.79 Å². The molecule has 0 saturated heterocycles. The summed E-state index contributed by atoms with van der Waals surface area (Å²) in [7, 11) is 0. The van der Waals surface area contributed by atoms with Crippen molar-refractivity contribution in [1.82, 2.24) is 20.1 Å². The summed E-state index contributed by atoms with van der Waals surface area (Å²) in [6.45, 7) is 7.81. The quantitative estimate of drug-likeness (QED) is 0.863. The topological polar surface area (TPSA) is 59.8 Å². The van der Waals surface area contributed by atoms with Crippen molar-refractivity contribution in [3.63, 3.8) is 0 Å². The summed E-state index contributed by atoms with van der Waals surface area (Å²) >= 11 is 1.41. The van der Waals surface area contributed by atoms with Crippen LogP contribution in [0.25, 0.3) is 5.69 Å². The van der Waals surface area contributed by atoms with Crippen molar-refractivity contribution in [3.8, 4) is 5.69 Å². The number of aryl methyl sites for hydroxylation is 1. The van der Waals surface area contributed by atoms with Crippen molar-refractivity contribution in [2.75, 3.05) is 0 Å². The molecule has 1 amide bonds. The first-order valence-corrected chi connectivity index (χ1v) is 7.80. The highest BCUT2D eigenvalue weighted by Crippen LogP contribution is 2.25. The molecule has 0 aliphatic carbocycles. The van der Waals surface area contributed by atoms with E-state index in [1.54, 1.807) is 6.33 Å². The average Bonchev–Trinajstić information content (AvgIpc) is 2.86. The Morgan fingerprint density at radius 2 is 2.00 bits per heavy atom. The van der Waals surface area contributed by atoms with Crippen LogP contribution in [0.3, 0.4) is 0 Å². The Kier molecular flexibility index (Phi) is 5.01. The molecule has 0 bridgehead atoms. The van der Waals surface area contributed by atoms with E-state index in [0.29, 0.717) is 0 Å². The smallest absolute Gasteiger partial charge is 0.233 e. The van der Waals surface area contributed by atoms with Crippen molar-refractivity contribution >= 4 is 17.7 Å². The van der Waals surface area contributed by atoms with Gasteiger partial charge in [-0.05, 0) is 39.3 Å². The number of rotatable bonds is 5. The molecular formula is C15H20N4OS. The van der Waals surface area contributed by atoms with Crippen LogP contribution < -0.4 is 5.32 Å². The molecule has 112 valence electrons. The summed E-state index contributed by atoms with van der Waals surface area (Å²) in [5.41, 5.74) is 2.17. The first-order valence-electron chi connectivity index (χ1n) is 6.92. The van der Waals surface area contributed by atoms with E-state index in [0.717, 1.165) is 16.4 Å². The molecule has 1 aromatic carbocycles. The van der Waals surface area contributed by atoms with E-state index in [4.69, 9.17) is 0 Å². The number of aromatic nitrogens is 3. The van der Waals surface area contributed by atoms with Crippen LogP contribution in [0.5, 0.6) is 0 Å². The lowest BCUT2D eigenvalue weighted by atomic mass is 10.2. The molecule has 2 aromatic rings. The minimum absolute atomic E-state index is 0.00864. The predicted molar refractivity (Wildman–Crippen MR) is 84.7 cm³/mol. The number of hydrogen-bond acceptors (Lipinski definition) is 4. The lowest BCUT2D eigenvalue weighted by molar-refractivity contribution is -0.120. The van der Waals surface area contributed by atoms with Crippen LogP contribution in [-0.4, -0.2) is 32.0 Å². The average molecular weight is 304 g/mol. The van der Waals surface area contributed by atoms with E-state index in [1.807, 2.05) is 56.5 Å². The minimum Gasteiger partial charge on any atom is -0.353 e. The SMILES string of the molecule is Cc1ccccc1-n1cnnc1SC(C)C(=O)NC(C)C. The summed E-state index contributed by atoms with van der Waals surface area (Å²) in [6, 6.07) is 8.16. The van der Waals surface area contributed by atoms with Gasteiger partial charge in [0.15, 0.2) is 5.16 Å². The number of amides is 1. The molecule has 1 N–H and O–H groups in total. The maximum Gasteiger partial charge on any atom is 0.233 e. The Balaban J connectivity index is 2.18. The highest BCUT2D eigenvalue weighted by molar-refractivity contribution is 8.00. The van der Waals surface area contributed by atoms with Gasteiger partial charge in [-0.2, -0.15) is 0 Å². The van der Waals surface area contributed by atoms with Crippen molar-refractivity contribution in [2.24, 2.45) is 0 Å². The molecule has 1 aromatic heterocycles. The number of thioether (sulfide) groups is 1. The van der Waals surface area contributed by atoms with Gasteiger partial charge in [-0.3, -0.25) is 9.36 Å². The van der Waals surface area contributed by atoms with Crippen LogP contribution in [0, 0.1) is 6.92 Å². The van der Waals surface area contributed by atoms with Gasteiger partial charge in [0, 0.05) is 6.04 Å². The summed E-state index contributed by atoms with van der Waals surface area (Å²) in [5.74, 6) is 0.00864. The molecule has 0 radical (unpaired) electrons. The minimum atomic E-state index is -0.223. The van der Waals surface area contributed by atoms with Gasteiger partial charge in [0.1, 0.15) is 6.33 Å². The Morgan fingerprint density at radius 1 is 1.29 bits per heavy atom. The fourth-order valence-electron chi connectivity index (χ4n) is 1.92. The molecule has 1 atom stereocenters. The third-order valence-electron chi connectivity index (χ3n) is 2.97.